The van der Waals surface area contributed by atoms with Gasteiger partial charge in [-0.3, -0.25) is 4.79 Å². The molecular formula is C13H21N3O2. The largest absolute Gasteiger partial charge is 0.372 e. The maximum atomic E-state index is 11.8. The number of carbonyl (C=O) groups is 1. The van der Waals surface area contributed by atoms with Gasteiger partial charge in [-0.25, -0.2) is 4.98 Å². The van der Waals surface area contributed by atoms with Crippen LogP contribution < -0.4 is 0 Å². The Labute approximate surface area is 108 Å². The normalized spacial score (nSPS) is 17.1. The van der Waals surface area contributed by atoms with Crippen molar-refractivity contribution in [3.8, 4) is 0 Å². The van der Waals surface area contributed by atoms with E-state index in [-0.39, 0.29) is 12.5 Å². The van der Waals surface area contributed by atoms with Crippen molar-refractivity contribution >= 4 is 5.91 Å². The predicted octanol–water partition coefficient (Wildman–Crippen LogP) is 1.16. The first-order chi connectivity index (χ1) is 8.79. The van der Waals surface area contributed by atoms with E-state index in [0.717, 1.165) is 32.5 Å². The highest BCUT2D eigenvalue weighted by molar-refractivity contribution is 5.77. The summed E-state index contributed by atoms with van der Waals surface area (Å²) < 4.78 is 7.27. The van der Waals surface area contributed by atoms with Gasteiger partial charge in [0.15, 0.2) is 0 Å². The van der Waals surface area contributed by atoms with Crippen LogP contribution in [0.5, 0.6) is 0 Å². The minimum Gasteiger partial charge on any atom is -0.372 e. The first-order valence-electron chi connectivity index (χ1n) is 6.61. The van der Waals surface area contributed by atoms with Crippen LogP contribution in [-0.2, 0) is 16.1 Å². The molecule has 1 aromatic rings. The molecule has 5 heteroatoms. The van der Waals surface area contributed by atoms with Gasteiger partial charge in [0.25, 0.3) is 0 Å². The predicted molar refractivity (Wildman–Crippen MR) is 68.0 cm³/mol. The summed E-state index contributed by atoms with van der Waals surface area (Å²) in [5.41, 5.74) is 0. The van der Waals surface area contributed by atoms with Crippen molar-refractivity contribution in [1.29, 1.82) is 0 Å². The van der Waals surface area contributed by atoms with E-state index >= 15 is 0 Å². The van der Waals surface area contributed by atoms with Crippen LogP contribution in [0.3, 0.4) is 0 Å². The second kappa shape index (κ2) is 6.54. The molecule has 1 aromatic heterocycles. The van der Waals surface area contributed by atoms with Gasteiger partial charge >= 0.3 is 0 Å². The fourth-order valence-corrected chi connectivity index (χ4v) is 2.34. The van der Waals surface area contributed by atoms with E-state index in [4.69, 9.17) is 4.74 Å². The number of hydrogen-bond acceptors (Lipinski definition) is 3. The Hall–Kier alpha value is -1.36. The number of rotatable bonds is 5. The zero-order chi connectivity index (χ0) is 12.8. The summed E-state index contributed by atoms with van der Waals surface area (Å²) in [5, 5.41) is 0. The van der Waals surface area contributed by atoms with Gasteiger partial charge in [0.1, 0.15) is 6.61 Å². The first kappa shape index (κ1) is 13.1. The van der Waals surface area contributed by atoms with Crippen LogP contribution in [0.2, 0.25) is 0 Å². The molecule has 0 bridgehead atoms. The molecule has 0 saturated carbocycles. The average Bonchev–Trinajstić information content (AvgIpc) is 2.89. The van der Waals surface area contributed by atoms with Crippen LogP contribution in [0, 0.1) is 5.92 Å². The maximum Gasteiger partial charge on any atom is 0.248 e. The van der Waals surface area contributed by atoms with Gasteiger partial charge in [-0.15, -0.1) is 0 Å². The fraction of sp³-hybridized carbons (Fsp3) is 0.692. The van der Waals surface area contributed by atoms with Crippen molar-refractivity contribution in [3.05, 3.63) is 18.7 Å². The molecule has 1 saturated heterocycles. The monoisotopic (exact) mass is 251 g/mol. The number of carbonyl (C=O) groups excluding carboxylic acids is 1. The average molecular weight is 251 g/mol. The molecule has 1 amide bonds. The minimum absolute atomic E-state index is 0.123. The number of amides is 1. The molecule has 1 aliphatic heterocycles. The van der Waals surface area contributed by atoms with E-state index in [9.17, 15) is 4.79 Å². The van der Waals surface area contributed by atoms with E-state index in [1.54, 1.807) is 6.20 Å². The molecule has 0 N–H and O–H groups in total. The van der Waals surface area contributed by atoms with E-state index in [0.29, 0.717) is 12.5 Å². The van der Waals surface area contributed by atoms with Crippen LogP contribution in [0.4, 0.5) is 0 Å². The Kier molecular flexibility index (Phi) is 4.75. The fourth-order valence-electron chi connectivity index (χ4n) is 2.34. The van der Waals surface area contributed by atoms with Crippen LogP contribution in [0.25, 0.3) is 0 Å². The van der Waals surface area contributed by atoms with Gasteiger partial charge in [0.05, 0.1) is 6.33 Å². The molecule has 1 fully saturated rings. The molecular weight excluding hydrogens is 230 g/mol. The molecule has 18 heavy (non-hydrogen) atoms. The van der Waals surface area contributed by atoms with Crippen LogP contribution in [-0.4, -0.2) is 46.7 Å². The summed E-state index contributed by atoms with van der Waals surface area (Å²) in [4.78, 5) is 17.7. The molecule has 0 unspecified atom stereocenters. The maximum absolute atomic E-state index is 11.8. The third-order valence-electron chi connectivity index (χ3n) is 3.43. The SMILES string of the molecule is CCOCC(=O)N1CCC(Cn2ccnc2)CC1. The molecule has 0 radical (unpaired) electrons. The number of imidazole rings is 1. The topological polar surface area (TPSA) is 47.4 Å². The quantitative estimate of drug-likeness (QED) is 0.789. The van der Waals surface area contributed by atoms with Crippen LogP contribution in [0.15, 0.2) is 18.7 Å². The standard InChI is InChI=1S/C13H21N3O2/c1-2-18-10-13(17)16-6-3-12(4-7-16)9-15-8-5-14-11-15/h5,8,11-12H,2-4,6-7,9-10H2,1H3. The second-order valence-electron chi connectivity index (χ2n) is 4.72. The van der Waals surface area contributed by atoms with E-state index < -0.39 is 0 Å². The first-order valence-corrected chi connectivity index (χ1v) is 6.61. The number of ether oxygens (including phenoxy) is 1. The third-order valence-corrected chi connectivity index (χ3v) is 3.43. The highest BCUT2D eigenvalue weighted by Crippen LogP contribution is 2.19. The van der Waals surface area contributed by atoms with E-state index in [1.807, 2.05) is 24.3 Å². The Morgan fingerprint density at radius 2 is 2.22 bits per heavy atom. The van der Waals surface area contributed by atoms with Crippen molar-refractivity contribution in [3.63, 3.8) is 0 Å². The molecule has 2 heterocycles. The van der Waals surface area contributed by atoms with Crippen molar-refractivity contribution < 1.29 is 9.53 Å². The van der Waals surface area contributed by atoms with Crippen molar-refractivity contribution in [2.75, 3.05) is 26.3 Å². The summed E-state index contributed by atoms with van der Waals surface area (Å²) in [6.07, 6.45) is 7.78. The summed E-state index contributed by atoms with van der Waals surface area (Å²) in [5.74, 6) is 0.772. The lowest BCUT2D eigenvalue weighted by Gasteiger charge is -2.32. The highest BCUT2D eigenvalue weighted by atomic mass is 16.5. The van der Waals surface area contributed by atoms with Gasteiger partial charge in [-0.2, -0.15) is 0 Å². The van der Waals surface area contributed by atoms with Crippen LogP contribution >= 0.6 is 0 Å². The molecule has 100 valence electrons. The van der Waals surface area contributed by atoms with Crippen LogP contribution in [0.1, 0.15) is 19.8 Å². The number of hydrogen-bond donors (Lipinski definition) is 0. The summed E-state index contributed by atoms with van der Waals surface area (Å²) in [6, 6.07) is 0. The molecule has 2 rings (SSSR count). The Balaban J connectivity index is 1.72. The minimum atomic E-state index is 0.123. The summed E-state index contributed by atoms with van der Waals surface area (Å²) in [7, 11) is 0. The molecule has 0 aromatic carbocycles. The number of nitrogens with zero attached hydrogens (tertiary/aromatic N) is 3. The lowest BCUT2D eigenvalue weighted by Crippen LogP contribution is -2.41. The lowest BCUT2D eigenvalue weighted by molar-refractivity contribution is -0.137. The third kappa shape index (κ3) is 3.57. The molecule has 1 aliphatic rings. The number of likely N-dealkylation sites (tertiary alicyclic amines) is 1. The zero-order valence-corrected chi connectivity index (χ0v) is 10.9. The lowest BCUT2D eigenvalue weighted by atomic mass is 9.97. The zero-order valence-electron chi connectivity index (χ0n) is 10.9. The van der Waals surface area contributed by atoms with Crippen molar-refractivity contribution in [2.24, 2.45) is 5.92 Å². The van der Waals surface area contributed by atoms with Gasteiger partial charge in [-0.1, -0.05) is 0 Å². The Bertz CT molecular complexity index is 356. The summed E-state index contributed by atoms with van der Waals surface area (Å²) in [6.45, 7) is 5.44. The van der Waals surface area contributed by atoms with Crippen molar-refractivity contribution in [1.82, 2.24) is 14.5 Å². The summed E-state index contributed by atoms with van der Waals surface area (Å²) >= 11 is 0. The Morgan fingerprint density at radius 3 is 2.83 bits per heavy atom. The van der Waals surface area contributed by atoms with Gasteiger partial charge in [-0.05, 0) is 25.7 Å². The Morgan fingerprint density at radius 1 is 1.44 bits per heavy atom. The van der Waals surface area contributed by atoms with Crippen molar-refractivity contribution in [2.45, 2.75) is 26.3 Å². The molecule has 0 aliphatic carbocycles. The highest BCUT2D eigenvalue weighted by Gasteiger charge is 2.22. The van der Waals surface area contributed by atoms with Gasteiger partial charge in [0, 0.05) is 38.6 Å². The molecule has 0 spiro atoms. The molecule has 5 nitrogen and oxygen atoms in total. The van der Waals surface area contributed by atoms with Gasteiger partial charge < -0.3 is 14.2 Å². The van der Waals surface area contributed by atoms with Gasteiger partial charge in [0.2, 0.25) is 5.91 Å². The van der Waals surface area contributed by atoms with E-state index in [1.165, 1.54) is 0 Å². The second-order valence-corrected chi connectivity index (χ2v) is 4.72. The van der Waals surface area contributed by atoms with E-state index in [2.05, 4.69) is 9.55 Å². The smallest absolute Gasteiger partial charge is 0.248 e. The number of aromatic nitrogens is 2. The number of piperidine rings is 1. The molecule has 0 atom stereocenters.